The van der Waals surface area contributed by atoms with Gasteiger partial charge in [-0.15, -0.1) is 0 Å². The second kappa shape index (κ2) is 19.2. The zero-order valence-electron chi connectivity index (χ0n) is 19.7. The lowest BCUT2D eigenvalue weighted by Crippen LogP contribution is -2.29. The fourth-order valence-electron chi connectivity index (χ4n) is 3.69. The van der Waals surface area contributed by atoms with Crippen LogP contribution in [0.3, 0.4) is 0 Å². The van der Waals surface area contributed by atoms with Crippen molar-refractivity contribution in [1.82, 2.24) is 5.32 Å². The van der Waals surface area contributed by atoms with Gasteiger partial charge in [-0.3, -0.25) is 0 Å². The molecule has 0 bridgehead atoms. The van der Waals surface area contributed by atoms with Gasteiger partial charge in [0.25, 0.3) is 0 Å². The second-order valence-corrected chi connectivity index (χ2v) is 8.33. The minimum Gasteiger partial charge on any atom is -0.338 e. The maximum absolute atomic E-state index is 12.0. The molecule has 0 fully saturated rings. The van der Waals surface area contributed by atoms with Gasteiger partial charge in [0, 0.05) is 12.2 Å². The number of aryl methyl sites for hydroxylation is 1. The van der Waals surface area contributed by atoms with Crippen molar-refractivity contribution in [2.24, 2.45) is 0 Å². The molecule has 0 saturated carbocycles. The van der Waals surface area contributed by atoms with Crippen LogP contribution in [0.15, 0.2) is 36.4 Å². The number of anilines is 1. The van der Waals surface area contributed by atoms with E-state index in [1.54, 1.807) is 0 Å². The number of hydrogen-bond acceptors (Lipinski definition) is 1. The number of unbranched alkanes of at least 4 members (excludes halogenated alkanes) is 12. The molecule has 0 radical (unpaired) electrons. The fourth-order valence-corrected chi connectivity index (χ4v) is 3.69. The largest absolute Gasteiger partial charge is 0.338 e. The average molecular weight is 415 g/mol. The lowest BCUT2D eigenvalue weighted by molar-refractivity contribution is 0.252. The Labute approximate surface area is 186 Å². The molecule has 0 aliphatic carbocycles. The van der Waals surface area contributed by atoms with Crippen LogP contribution in [0.1, 0.15) is 109 Å². The smallest absolute Gasteiger partial charge is 0.319 e. The molecule has 0 spiro atoms. The SMILES string of the molecule is CCCCCCCC/C=C\CCCCCCCCNC(=O)Nc1ccccc1CC. The Bertz CT molecular complexity index is 568. The van der Waals surface area contributed by atoms with Gasteiger partial charge in [0.15, 0.2) is 0 Å². The molecule has 0 aromatic heterocycles. The Hall–Kier alpha value is -1.77. The summed E-state index contributed by atoms with van der Waals surface area (Å²) in [6, 6.07) is 7.89. The lowest BCUT2D eigenvalue weighted by atomic mass is 10.1. The number of benzene rings is 1. The van der Waals surface area contributed by atoms with E-state index in [0.29, 0.717) is 0 Å². The summed E-state index contributed by atoms with van der Waals surface area (Å²) in [7, 11) is 0. The third kappa shape index (κ3) is 14.3. The molecule has 0 aliphatic heterocycles. The van der Waals surface area contributed by atoms with Gasteiger partial charge in [-0.05, 0) is 50.2 Å². The molecule has 0 heterocycles. The third-order valence-corrected chi connectivity index (χ3v) is 5.62. The Balaban J connectivity index is 1.87. The monoisotopic (exact) mass is 414 g/mol. The van der Waals surface area contributed by atoms with E-state index in [1.165, 1.54) is 89.0 Å². The fraction of sp³-hybridized carbons (Fsp3) is 0.667. The van der Waals surface area contributed by atoms with E-state index in [-0.39, 0.29) is 6.03 Å². The minimum absolute atomic E-state index is 0.0938. The number of allylic oxidation sites excluding steroid dienone is 2. The molecule has 0 saturated heterocycles. The Morgan fingerprint density at radius 2 is 1.33 bits per heavy atom. The summed E-state index contributed by atoms with van der Waals surface area (Å²) in [5, 5.41) is 5.93. The van der Waals surface area contributed by atoms with Gasteiger partial charge < -0.3 is 10.6 Å². The van der Waals surface area contributed by atoms with Gasteiger partial charge in [-0.2, -0.15) is 0 Å². The number of urea groups is 1. The number of nitrogens with one attached hydrogen (secondary N) is 2. The van der Waals surface area contributed by atoms with Crippen LogP contribution in [-0.4, -0.2) is 12.6 Å². The van der Waals surface area contributed by atoms with Crippen molar-refractivity contribution in [1.29, 1.82) is 0 Å². The standard InChI is InChI=1S/C27H46N2O/c1-3-5-6-7-8-9-10-11-12-13-14-15-16-17-18-21-24-28-27(30)29-26-23-20-19-22-25(26)4-2/h11-12,19-20,22-23H,3-10,13-18,21,24H2,1-2H3,(H2,28,29,30)/b12-11-. The predicted octanol–water partition coefficient (Wildman–Crippen LogP) is 8.41. The molecule has 3 heteroatoms. The first-order valence-electron chi connectivity index (χ1n) is 12.6. The first kappa shape index (κ1) is 26.3. The number of hydrogen-bond donors (Lipinski definition) is 2. The second-order valence-electron chi connectivity index (χ2n) is 8.33. The highest BCUT2D eigenvalue weighted by molar-refractivity contribution is 5.90. The predicted molar refractivity (Wildman–Crippen MR) is 132 cm³/mol. The van der Waals surface area contributed by atoms with E-state index in [0.717, 1.165) is 25.1 Å². The molecule has 2 amide bonds. The topological polar surface area (TPSA) is 41.1 Å². The van der Waals surface area contributed by atoms with Crippen molar-refractivity contribution in [2.45, 2.75) is 110 Å². The van der Waals surface area contributed by atoms with E-state index in [2.05, 4.69) is 42.7 Å². The van der Waals surface area contributed by atoms with Crippen molar-refractivity contribution in [3.63, 3.8) is 0 Å². The highest BCUT2D eigenvalue weighted by Crippen LogP contribution is 2.15. The molecule has 1 aromatic carbocycles. The van der Waals surface area contributed by atoms with E-state index in [4.69, 9.17) is 0 Å². The van der Waals surface area contributed by atoms with E-state index < -0.39 is 0 Å². The minimum atomic E-state index is -0.0938. The quantitative estimate of drug-likeness (QED) is 0.184. The summed E-state index contributed by atoms with van der Waals surface area (Å²) in [6.45, 7) is 5.13. The summed E-state index contributed by atoms with van der Waals surface area (Å²) in [5.41, 5.74) is 2.09. The van der Waals surface area contributed by atoms with Crippen LogP contribution in [0.2, 0.25) is 0 Å². The van der Waals surface area contributed by atoms with E-state index >= 15 is 0 Å². The Morgan fingerprint density at radius 3 is 1.97 bits per heavy atom. The molecule has 0 atom stereocenters. The maximum Gasteiger partial charge on any atom is 0.319 e. The Morgan fingerprint density at radius 1 is 0.767 bits per heavy atom. The highest BCUT2D eigenvalue weighted by atomic mass is 16.2. The van der Waals surface area contributed by atoms with Crippen LogP contribution < -0.4 is 10.6 Å². The number of rotatable bonds is 18. The van der Waals surface area contributed by atoms with Gasteiger partial charge in [-0.25, -0.2) is 4.79 Å². The first-order valence-corrected chi connectivity index (χ1v) is 12.6. The molecule has 2 N–H and O–H groups in total. The molecule has 0 unspecified atom stereocenters. The van der Waals surface area contributed by atoms with Crippen LogP contribution in [0.4, 0.5) is 10.5 Å². The number of para-hydroxylation sites is 1. The van der Waals surface area contributed by atoms with Crippen LogP contribution >= 0.6 is 0 Å². The lowest BCUT2D eigenvalue weighted by Gasteiger charge is -2.10. The van der Waals surface area contributed by atoms with E-state index in [1.807, 2.05) is 18.2 Å². The third-order valence-electron chi connectivity index (χ3n) is 5.62. The molecule has 0 aliphatic rings. The van der Waals surface area contributed by atoms with Crippen molar-refractivity contribution >= 4 is 11.7 Å². The first-order chi connectivity index (χ1) is 14.8. The molecule has 1 aromatic rings. The van der Waals surface area contributed by atoms with Gasteiger partial charge >= 0.3 is 6.03 Å². The van der Waals surface area contributed by atoms with Crippen molar-refractivity contribution in [3.05, 3.63) is 42.0 Å². The van der Waals surface area contributed by atoms with Crippen LogP contribution in [0, 0.1) is 0 Å². The van der Waals surface area contributed by atoms with Crippen molar-refractivity contribution in [2.75, 3.05) is 11.9 Å². The normalized spacial score (nSPS) is 11.1. The summed E-state index contributed by atoms with van der Waals surface area (Å²) in [5.74, 6) is 0. The molecule has 30 heavy (non-hydrogen) atoms. The average Bonchev–Trinajstić information content (AvgIpc) is 2.76. The summed E-state index contributed by atoms with van der Waals surface area (Å²) in [6.07, 6.45) is 24.0. The van der Waals surface area contributed by atoms with Crippen molar-refractivity contribution in [3.8, 4) is 0 Å². The molecular formula is C27H46N2O. The molecule has 3 nitrogen and oxygen atoms in total. The summed E-state index contributed by atoms with van der Waals surface area (Å²) in [4.78, 5) is 12.0. The zero-order valence-corrected chi connectivity index (χ0v) is 19.7. The molecule has 170 valence electrons. The number of amides is 2. The number of carbonyl (C=O) groups excluding carboxylic acids is 1. The maximum atomic E-state index is 12.0. The van der Waals surface area contributed by atoms with Crippen molar-refractivity contribution < 1.29 is 4.79 Å². The Kier molecular flexibility index (Phi) is 16.8. The highest BCUT2D eigenvalue weighted by Gasteiger charge is 2.04. The van der Waals surface area contributed by atoms with Gasteiger partial charge in [0.1, 0.15) is 0 Å². The van der Waals surface area contributed by atoms with Crippen LogP contribution in [0.5, 0.6) is 0 Å². The molecular weight excluding hydrogens is 368 g/mol. The van der Waals surface area contributed by atoms with Gasteiger partial charge in [0.05, 0.1) is 0 Å². The summed E-state index contributed by atoms with van der Waals surface area (Å²) >= 11 is 0. The summed E-state index contributed by atoms with van der Waals surface area (Å²) < 4.78 is 0. The van der Waals surface area contributed by atoms with Gasteiger partial charge in [0.2, 0.25) is 0 Å². The molecule has 1 rings (SSSR count). The van der Waals surface area contributed by atoms with Crippen LogP contribution in [0.25, 0.3) is 0 Å². The van der Waals surface area contributed by atoms with E-state index in [9.17, 15) is 4.79 Å². The van der Waals surface area contributed by atoms with Gasteiger partial charge in [-0.1, -0.05) is 102 Å². The van der Waals surface area contributed by atoms with Crippen LogP contribution in [-0.2, 0) is 6.42 Å². The number of carbonyl (C=O) groups is 1. The zero-order chi connectivity index (χ0) is 21.7.